The molecule has 3 aromatic rings. The molecule has 1 heterocycles. The highest BCUT2D eigenvalue weighted by Gasteiger charge is 2.14. The Hall–Kier alpha value is -2.69. The number of rotatable bonds is 11. The molecule has 0 aliphatic heterocycles. The van der Waals surface area contributed by atoms with Gasteiger partial charge < -0.3 is 14.6 Å². The Morgan fingerprint density at radius 2 is 1.70 bits per heavy atom. The number of fused-ring (bicyclic) bond motifs is 1. The van der Waals surface area contributed by atoms with Crippen molar-refractivity contribution in [1.29, 1.82) is 0 Å². The summed E-state index contributed by atoms with van der Waals surface area (Å²) in [6.07, 6.45) is 7.27. The van der Waals surface area contributed by atoms with Crippen molar-refractivity contribution < 1.29 is 9.90 Å². The van der Waals surface area contributed by atoms with Crippen molar-refractivity contribution in [2.45, 2.75) is 39.3 Å². The van der Waals surface area contributed by atoms with Crippen LogP contribution >= 0.6 is 0 Å². The quantitative estimate of drug-likeness (QED) is 0.360. The number of ketones is 1. The molecule has 1 unspecified atom stereocenters. The van der Waals surface area contributed by atoms with Gasteiger partial charge in [-0.05, 0) is 44.1 Å². The molecule has 0 bridgehead atoms. The monoisotopic (exact) mass is 404 g/mol. The third-order valence-corrected chi connectivity index (χ3v) is 5.25. The zero-order valence-corrected chi connectivity index (χ0v) is 18.0. The first-order valence-corrected chi connectivity index (χ1v) is 10.9. The summed E-state index contributed by atoms with van der Waals surface area (Å²) in [4.78, 5) is 14.8. The molecule has 0 amide bonds. The van der Waals surface area contributed by atoms with E-state index in [1.807, 2.05) is 54.7 Å². The first kappa shape index (κ1) is 22.0. The van der Waals surface area contributed by atoms with E-state index >= 15 is 0 Å². The number of hydrogen-bond acceptors (Lipinski definition) is 3. The maximum Gasteiger partial charge on any atom is 0.185 e. The number of aliphatic hydroxyl groups is 1. The van der Waals surface area contributed by atoms with Gasteiger partial charge in [0.15, 0.2) is 5.78 Å². The Kier molecular flexibility index (Phi) is 8.00. The fraction of sp³-hybridized carbons (Fsp3) is 0.346. The van der Waals surface area contributed by atoms with Crippen molar-refractivity contribution in [3.05, 3.63) is 78.0 Å². The third-order valence-electron chi connectivity index (χ3n) is 5.25. The van der Waals surface area contributed by atoms with E-state index < -0.39 is 6.10 Å². The molecule has 1 aromatic heterocycles. The number of carbonyl (C=O) groups is 1. The van der Waals surface area contributed by atoms with Crippen molar-refractivity contribution in [3.8, 4) is 0 Å². The van der Waals surface area contributed by atoms with Crippen LogP contribution in [0.4, 0.5) is 0 Å². The first-order valence-electron chi connectivity index (χ1n) is 10.9. The molecule has 0 radical (unpaired) electrons. The average Bonchev–Trinajstić information content (AvgIpc) is 3.10. The van der Waals surface area contributed by atoms with E-state index in [1.165, 1.54) is 0 Å². The lowest BCUT2D eigenvalue weighted by Crippen LogP contribution is -2.35. The van der Waals surface area contributed by atoms with Crippen LogP contribution in [0.25, 0.3) is 17.0 Å². The number of aliphatic hydroxyl groups excluding tert-OH is 1. The molecule has 1 N–H and O–H groups in total. The molecule has 2 aromatic carbocycles. The summed E-state index contributed by atoms with van der Waals surface area (Å²) in [7, 11) is 0. The van der Waals surface area contributed by atoms with Crippen LogP contribution in [0.1, 0.15) is 42.6 Å². The normalized spacial score (nSPS) is 12.8. The summed E-state index contributed by atoms with van der Waals surface area (Å²) in [5.74, 6) is -0.0118. The zero-order valence-electron chi connectivity index (χ0n) is 18.0. The summed E-state index contributed by atoms with van der Waals surface area (Å²) < 4.78 is 2.10. The summed E-state index contributed by atoms with van der Waals surface area (Å²) in [6.45, 7) is 7.56. The summed E-state index contributed by atoms with van der Waals surface area (Å²) in [5.41, 5.74) is 2.74. The van der Waals surface area contributed by atoms with Gasteiger partial charge in [-0.25, -0.2) is 0 Å². The lowest BCUT2D eigenvalue weighted by Gasteiger charge is -2.24. The molecule has 30 heavy (non-hydrogen) atoms. The Labute approximate surface area is 179 Å². The predicted octanol–water partition coefficient (Wildman–Crippen LogP) is 5.02. The molecule has 1 atom stereocenters. The molecule has 0 fully saturated rings. The lowest BCUT2D eigenvalue weighted by molar-refractivity contribution is 0.0988. The fourth-order valence-corrected chi connectivity index (χ4v) is 3.93. The smallest absolute Gasteiger partial charge is 0.185 e. The highest BCUT2D eigenvalue weighted by Crippen LogP contribution is 2.23. The van der Waals surface area contributed by atoms with Crippen molar-refractivity contribution in [3.63, 3.8) is 0 Å². The minimum Gasteiger partial charge on any atom is -0.390 e. The Balaban J connectivity index is 1.78. The molecular formula is C26H32N2O2. The van der Waals surface area contributed by atoms with Gasteiger partial charge in [-0.15, -0.1) is 0 Å². The molecule has 158 valence electrons. The van der Waals surface area contributed by atoms with Crippen LogP contribution in [0.3, 0.4) is 0 Å². The molecule has 3 rings (SSSR count). The number of hydrogen-bond donors (Lipinski definition) is 1. The van der Waals surface area contributed by atoms with Crippen molar-refractivity contribution in [2.24, 2.45) is 0 Å². The van der Waals surface area contributed by atoms with Crippen LogP contribution in [0.5, 0.6) is 0 Å². The third kappa shape index (κ3) is 5.68. The Morgan fingerprint density at radius 1 is 1.03 bits per heavy atom. The minimum atomic E-state index is -0.443. The summed E-state index contributed by atoms with van der Waals surface area (Å²) in [6, 6.07) is 17.4. The van der Waals surface area contributed by atoms with Crippen molar-refractivity contribution >= 4 is 22.8 Å². The van der Waals surface area contributed by atoms with E-state index in [9.17, 15) is 9.90 Å². The van der Waals surface area contributed by atoms with Gasteiger partial charge >= 0.3 is 0 Å². The standard InChI is InChI=1S/C26H32N2O2/c1-3-16-27(17-4-2)19-23(29)20-28-18-22(24-12-8-9-13-25(24)28)14-15-26(30)21-10-6-5-7-11-21/h5-15,18,23,29H,3-4,16-17,19-20H2,1-2H3/b15-14+. The SMILES string of the molecule is CCCN(CCC)CC(O)Cn1cc(/C=C/C(=O)c2ccccc2)c2ccccc21. The maximum absolute atomic E-state index is 12.4. The van der Waals surface area contributed by atoms with Gasteiger partial charge in [-0.3, -0.25) is 4.79 Å². The van der Waals surface area contributed by atoms with E-state index in [-0.39, 0.29) is 5.78 Å². The van der Waals surface area contributed by atoms with Crippen LogP contribution in [0.2, 0.25) is 0 Å². The molecule has 4 heteroatoms. The van der Waals surface area contributed by atoms with E-state index in [1.54, 1.807) is 6.08 Å². The topological polar surface area (TPSA) is 45.5 Å². The number of carbonyl (C=O) groups excluding carboxylic acids is 1. The molecule has 0 saturated heterocycles. The summed E-state index contributed by atoms with van der Waals surface area (Å²) >= 11 is 0. The van der Waals surface area contributed by atoms with Gasteiger partial charge in [0.25, 0.3) is 0 Å². The van der Waals surface area contributed by atoms with E-state index in [2.05, 4.69) is 35.4 Å². The number of para-hydroxylation sites is 1. The molecule has 4 nitrogen and oxygen atoms in total. The van der Waals surface area contributed by atoms with Crippen LogP contribution < -0.4 is 0 Å². The lowest BCUT2D eigenvalue weighted by atomic mass is 10.1. The predicted molar refractivity (Wildman–Crippen MR) is 125 cm³/mol. The van der Waals surface area contributed by atoms with Crippen molar-refractivity contribution in [1.82, 2.24) is 9.47 Å². The van der Waals surface area contributed by atoms with Crippen LogP contribution in [0.15, 0.2) is 66.9 Å². The second-order valence-electron chi connectivity index (χ2n) is 7.77. The second kappa shape index (κ2) is 10.9. The van der Waals surface area contributed by atoms with E-state index in [0.717, 1.165) is 42.4 Å². The zero-order chi connectivity index (χ0) is 21.3. The fourth-order valence-electron chi connectivity index (χ4n) is 3.93. The molecular weight excluding hydrogens is 372 g/mol. The Morgan fingerprint density at radius 3 is 2.40 bits per heavy atom. The maximum atomic E-state index is 12.4. The molecule has 0 saturated carbocycles. The first-order chi connectivity index (χ1) is 14.6. The number of benzene rings is 2. The number of nitrogens with zero attached hydrogens (tertiary/aromatic N) is 2. The second-order valence-corrected chi connectivity index (χ2v) is 7.77. The van der Waals surface area contributed by atoms with Gasteiger partial charge in [0.05, 0.1) is 6.10 Å². The van der Waals surface area contributed by atoms with E-state index in [4.69, 9.17) is 0 Å². The van der Waals surface area contributed by atoms with Crippen LogP contribution in [-0.2, 0) is 6.54 Å². The number of aromatic nitrogens is 1. The molecule has 0 spiro atoms. The van der Waals surface area contributed by atoms with Gasteiger partial charge in [-0.1, -0.05) is 62.4 Å². The van der Waals surface area contributed by atoms with E-state index in [0.29, 0.717) is 18.7 Å². The van der Waals surface area contributed by atoms with Gasteiger partial charge in [0.1, 0.15) is 0 Å². The number of allylic oxidation sites excluding steroid dienone is 1. The van der Waals surface area contributed by atoms with Gasteiger partial charge in [-0.2, -0.15) is 0 Å². The highest BCUT2D eigenvalue weighted by atomic mass is 16.3. The van der Waals surface area contributed by atoms with Gasteiger partial charge in [0, 0.05) is 41.3 Å². The highest BCUT2D eigenvalue weighted by molar-refractivity contribution is 6.07. The minimum absolute atomic E-state index is 0.0118. The summed E-state index contributed by atoms with van der Waals surface area (Å²) in [5, 5.41) is 11.8. The molecule has 0 aliphatic rings. The van der Waals surface area contributed by atoms with Crippen LogP contribution in [0, 0.1) is 0 Å². The van der Waals surface area contributed by atoms with Crippen molar-refractivity contribution in [2.75, 3.05) is 19.6 Å². The molecule has 0 aliphatic carbocycles. The Bertz CT molecular complexity index is 969. The average molecular weight is 405 g/mol. The largest absolute Gasteiger partial charge is 0.390 e. The van der Waals surface area contributed by atoms with Crippen LogP contribution in [-0.4, -0.2) is 46.1 Å². The van der Waals surface area contributed by atoms with Gasteiger partial charge in [0.2, 0.25) is 0 Å².